The van der Waals surface area contributed by atoms with E-state index in [0.29, 0.717) is 36.3 Å². The number of carbonyl (C=O) groups excluding carboxylic acids is 1. The van der Waals surface area contributed by atoms with Crippen LogP contribution in [-0.4, -0.2) is 30.6 Å². The van der Waals surface area contributed by atoms with Gasteiger partial charge in [0, 0.05) is 24.4 Å². The van der Waals surface area contributed by atoms with Crippen LogP contribution in [0, 0.1) is 6.92 Å². The number of benzene rings is 1. The van der Waals surface area contributed by atoms with Crippen molar-refractivity contribution in [2.75, 3.05) is 13.7 Å². The lowest BCUT2D eigenvalue weighted by molar-refractivity contribution is -0.137. The van der Waals surface area contributed by atoms with Gasteiger partial charge in [0.2, 0.25) is 5.91 Å². The van der Waals surface area contributed by atoms with Gasteiger partial charge in [0.15, 0.2) is 0 Å². The van der Waals surface area contributed by atoms with Crippen LogP contribution in [-0.2, 0) is 16.0 Å². The molecule has 1 aromatic heterocycles. The van der Waals surface area contributed by atoms with E-state index in [9.17, 15) is 14.4 Å². The van der Waals surface area contributed by atoms with Crippen molar-refractivity contribution in [3.63, 3.8) is 0 Å². The maximum Gasteiger partial charge on any atom is 0.340 e. The number of unbranched alkanes of at least 4 members (excludes halogenated alkanes) is 2. The molecule has 2 rings (SSSR count). The molecule has 0 aliphatic heterocycles. The number of methoxy groups -OCH3 is 1. The Kier molecular flexibility index (Phi) is 6.77. The highest BCUT2D eigenvalue weighted by molar-refractivity contribution is 5.85. The Hall–Kier alpha value is -2.83. The van der Waals surface area contributed by atoms with Gasteiger partial charge in [-0.25, -0.2) is 4.79 Å². The number of carboxylic acids is 1. The minimum atomic E-state index is -0.815. The molecule has 0 saturated carbocycles. The van der Waals surface area contributed by atoms with E-state index in [1.165, 1.54) is 7.11 Å². The van der Waals surface area contributed by atoms with Crippen molar-refractivity contribution in [1.29, 1.82) is 0 Å². The van der Waals surface area contributed by atoms with Crippen molar-refractivity contribution >= 4 is 22.8 Å². The number of nitrogens with one attached hydrogen (secondary N) is 1. The molecule has 0 unspecified atom stereocenters. The number of hydrogen-bond acceptors (Lipinski definition) is 5. The van der Waals surface area contributed by atoms with Gasteiger partial charge in [-0.3, -0.25) is 9.59 Å². The monoisotopic (exact) mass is 361 g/mol. The van der Waals surface area contributed by atoms with E-state index < -0.39 is 11.6 Å². The van der Waals surface area contributed by atoms with Crippen molar-refractivity contribution in [3.05, 3.63) is 39.7 Å². The number of fused-ring (bicyclic) bond motifs is 1. The lowest BCUT2D eigenvalue weighted by Gasteiger charge is -2.09. The second-order valence-electron chi connectivity index (χ2n) is 6.09. The smallest absolute Gasteiger partial charge is 0.340 e. The Labute approximate surface area is 151 Å². The number of aliphatic carboxylic acids is 1. The number of carbonyl (C=O) groups is 2. The average molecular weight is 361 g/mol. The SMILES string of the molecule is COc1ccc2c(C)c(CC(=O)NCCCCCC(=O)O)c(=O)oc2c1. The molecule has 0 spiro atoms. The largest absolute Gasteiger partial charge is 0.497 e. The molecule has 1 aromatic carbocycles. The van der Waals surface area contributed by atoms with Crippen molar-refractivity contribution in [3.8, 4) is 5.75 Å². The summed E-state index contributed by atoms with van der Waals surface area (Å²) in [4.78, 5) is 34.7. The van der Waals surface area contributed by atoms with Crippen molar-refractivity contribution < 1.29 is 23.8 Å². The normalized spacial score (nSPS) is 10.7. The molecular formula is C19H23NO6. The van der Waals surface area contributed by atoms with Crippen LogP contribution in [0.3, 0.4) is 0 Å². The van der Waals surface area contributed by atoms with Crippen LogP contribution in [0.1, 0.15) is 36.8 Å². The minimum Gasteiger partial charge on any atom is -0.497 e. The van der Waals surface area contributed by atoms with Crippen molar-refractivity contribution in [2.24, 2.45) is 0 Å². The molecule has 0 bridgehead atoms. The van der Waals surface area contributed by atoms with Crippen LogP contribution in [0.5, 0.6) is 5.75 Å². The maximum absolute atomic E-state index is 12.2. The zero-order valence-electron chi connectivity index (χ0n) is 15.0. The van der Waals surface area contributed by atoms with Crippen molar-refractivity contribution in [1.82, 2.24) is 5.32 Å². The van der Waals surface area contributed by atoms with Gasteiger partial charge in [-0.1, -0.05) is 6.42 Å². The van der Waals surface area contributed by atoms with E-state index in [-0.39, 0.29) is 18.7 Å². The Bertz CT molecular complexity index is 855. The third-order valence-electron chi connectivity index (χ3n) is 4.22. The highest BCUT2D eigenvalue weighted by Gasteiger charge is 2.15. The molecule has 0 saturated heterocycles. The molecular weight excluding hydrogens is 338 g/mol. The topological polar surface area (TPSA) is 106 Å². The molecule has 7 heteroatoms. The van der Waals surface area contributed by atoms with Gasteiger partial charge in [0.05, 0.1) is 19.1 Å². The molecule has 1 amide bonds. The number of rotatable bonds is 9. The molecule has 26 heavy (non-hydrogen) atoms. The molecule has 7 nitrogen and oxygen atoms in total. The summed E-state index contributed by atoms with van der Waals surface area (Å²) < 4.78 is 10.4. The van der Waals surface area contributed by atoms with Gasteiger partial charge in [0.1, 0.15) is 11.3 Å². The Balaban J connectivity index is 1.98. The number of hydrogen-bond donors (Lipinski definition) is 2. The zero-order valence-corrected chi connectivity index (χ0v) is 15.0. The maximum atomic E-state index is 12.2. The second-order valence-corrected chi connectivity index (χ2v) is 6.09. The van der Waals surface area contributed by atoms with Crippen LogP contribution >= 0.6 is 0 Å². The molecule has 2 aromatic rings. The van der Waals surface area contributed by atoms with Gasteiger partial charge in [0.25, 0.3) is 0 Å². The number of carboxylic acid groups (broad SMARTS) is 1. The predicted molar refractivity (Wildman–Crippen MR) is 96.6 cm³/mol. The molecule has 2 N–H and O–H groups in total. The van der Waals surface area contributed by atoms with E-state index >= 15 is 0 Å². The molecule has 1 heterocycles. The fraction of sp³-hybridized carbons (Fsp3) is 0.421. The fourth-order valence-corrected chi connectivity index (χ4v) is 2.73. The number of aryl methyl sites for hydroxylation is 1. The van der Waals surface area contributed by atoms with E-state index in [1.54, 1.807) is 25.1 Å². The van der Waals surface area contributed by atoms with Crippen molar-refractivity contribution in [2.45, 2.75) is 39.0 Å². The summed E-state index contributed by atoms with van der Waals surface area (Å²) in [5.74, 6) is -0.481. The van der Waals surface area contributed by atoms with Crippen LogP contribution < -0.4 is 15.7 Å². The van der Waals surface area contributed by atoms with Gasteiger partial charge in [-0.05, 0) is 37.5 Å². The lowest BCUT2D eigenvalue weighted by atomic mass is 10.0. The van der Waals surface area contributed by atoms with Gasteiger partial charge in [-0.2, -0.15) is 0 Å². The first-order valence-electron chi connectivity index (χ1n) is 8.51. The molecule has 0 fully saturated rings. The summed E-state index contributed by atoms with van der Waals surface area (Å²) in [6.45, 7) is 2.24. The number of amides is 1. The van der Waals surface area contributed by atoms with Gasteiger partial charge < -0.3 is 19.6 Å². The fourth-order valence-electron chi connectivity index (χ4n) is 2.73. The summed E-state index contributed by atoms with van der Waals surface area (Å²) in [7, 11) is 1.53. The lowest BCUT2D eigenvalue weighted by Crippen LogP contribution is -2.28. The predicted octanol–water partition coefficient (Wildman–Crippen LogP) is 2.41. The summed E-state index contributed by atoms with van der Waals surface area (Å²) in [6, 6.07) is 5.22. The van der Waals surface area contributed by atoms with Crippen LogP contribution in [0.4, 0.5) is 0 Å². The van der Waals surface area contributed by atoms with Gasteiger partial charge in [-0.15, -0.1) is 0 Å². The Morgan fingerprint density at radius 3 is 2.69 bits per heavy atom. The highest BCUT2D eigenvalue weighted by Crippen LogP contribution is 2.24. The third-order valence-corrected chi connectivity index (χ3v) is 4.22. The second kappa shape index (κ2) is 9.03. The molecule has 0 aliphatic carbocycles. The minimum absolute atomic E-state index is 0.0503. The summed E-state index contributed by atoms with van der Waals surface area (Å²) >= 11 is 0. The first kappa shape index (κ1) is 19.5. The summed E-state index contributed by atoms with van der Waals surface area (Å²) in [5.41, 5.74) is 0.954. The summed E-state index contributed by atoms with van der Waals surface area (Å²) in [5, 5.41) is 12.1. The quantitative estimate of drug-likeness (QED) is 0.525. The van der Waals surface area contributed by atoms with Crippen LogP contribution in [0.15, 0.2) is 27.4 Å². The first-order chi connectivity index (χ1) is 12.4. The average Bonchev–Trinajstić information content (AvgIpc) is 2.60. The zero-order chi connectivity index (χ0) is 19.1. The first-order valence-corrected chi connectivity index (χ1v) is 8.51. The Morgan fingerprint density at radius 2 is 2.00 bits per heavy atom. The molecule has 0 aliphatic rings. The molecule has 140 valence electrons. The van der Waals surface area contributed by atoms with Crippen LogP contribution in [0.25, 0.3) is 11.0 Å². The van der Waals surface area contributed by atoms with E-state index in [2.05, 4.69) is 5.32 Å². The van der Waals surface area contributed by atoms with E-state index in [0.717, 1.165) is 17.4 Å². The van der Waals surface area contributed by atoms with E-state index in [4.69, 9.17) is 14.3 Å². The highest BCUT2D eigenvalue weighted by atomic mass is 16.5. The molecule has 0 atom stereocenters. The molecule has 0 radical (unpaired) electrons. The van der Waals surface area contributed by atoms with E-state index in [1.807, 2.05) is 0 Å². The number of ether oxygens (including phenoxy) is 1. The van der Waals surface area contributed by atoms with Gasteiger partial charge >= 0.3 is 11.6 Å². The van der Waals surface area contributed by atoms with Crippen LogP contribution in [0.2, 0.25) is 0 Å². The third kappa shape index (κ3) is 5.08. The summed E-state index contributed by atoms with van der Waals surface area (Å²) in [6.07, 6.45) is 2.10. The Morgan fingerprint density at radius 1 is 1.23 bits per heavy atom. The standard InChI is InChI=1S/C19H23NO6/c1-12-14-8-7-13(25-2)10-16(14)26-19(24)15(12)11-17(21)20-9-5-3-4-6-18(22)23/h7-8,10H,3-6,9,11H2,1-2H3,(H,20,21)(H,22,23).